The average molecular weight is 1510 g/mol. The Balaban J connectivity index is 0.000000571. The van der Waals surface area contributed by atoms with Crippen molar-refractivity contribution in [2.45, 2.75) is 95.8 Å². The summed E-state index contributed by atoms with van der Waals surface area (Å²) in [6, 6.07) is 8.71. The number of aliphatic hydroxyl groups is 1. The van der Waals surface area contributed by atoms with E-state index in [2.05, 4.69) is 145 Å². The first-order valence-corrected chi connectivity index (χ1v) is 39.7. The number of sulfonamides is 1. The van der Waals surface area contributed by atoms with Crippen LogP contribution in [0, 0.1) is 0 Å². The lowest BCUT2D eigenvalue weighted by Gasteiger charge is -2.33. The predicted octanol–water partition coefficient (Wildman–Crippen LogP) is 1.38. The molecule has 103 heavy (non-hydrogen) atoms. The zero-order valence-corrected chi connectivity index (χ0v) is 67.5. The second kappa shape index (κ2) is 58.5. The van der Waals surface area contributed by atoms with E-state index >= 15 is 0 Å². The number of piperidine rings is 1. The predicted molar refractivity (Wildman–Crippen MR) is 420 cm³/mol. The zero-order valence-electron chi connectivity index (χ0n) is 65.9. The molecule has 29 nitrogen and oxygen atoms in total. The van der Waals surface area contributed by atoms with Crippen LogP contribution in [0.1, 0.15) is 52.4 Å². The van der Waals surface area contributed by atoms with Crippen molar-refractivity contribution < 1.29 is 41.0 Å². The molecule has 2 amide bonds. The molecule has 7 saturated heterocycles. The number of ether oxygens (including phenoxy) is 1. The number of hydrogen-bond donors (Lipinski definition) is 10. The number of nitrogens with zero attached hydrogens (tertiary/aromatic N) is 14. The third-order valence-corrected chi connectivity index (χ3v) is 20.0. The highest BCUT2D eigenvalue weighted by Gasteiger charge is 2.32. The Kier molecular flexibility index (Phi) is 54.7. The number of aliphatic hydroxyl groups excluding tert-OH is 1. The summed E-state index contributed by atoms with van der Waals surface area (Å²) in [6.07, 6.45) is 14.1. The maximum absolute atomic E-state index is 11.0. The molecule has 0 bridgehead atoms. The smallest absolute Gasteiger partial charge is 0.394 e. The Labute approximate surface area is 623 Å². The van der Waals surface area contributed by atoms with Crippen LogP contribution >= 0.6 is 11.8 Å². The molecule has 1 saturated carbocycles. The van der Waals surface area contributed by atoms with Crippen LogP contribution < -0.4 is 52.8 Å². The summed E-state index contributed by atoms with van der Waals surface area (Å²) >= 11 is 2.06. The number of nitrogens with one attached hydrogen (secondary N) is 9. The molecule has 8 fully saturated rings. The molecule has 3 aromatic rings. The van der Waals surface area contributed by atoms with E-state index in [0.717, 1.165) is 134 Å². The maximum Gasteiger partial charge on any atom is 0.401 e. The number of likely N-dealkylation sites (N-methyl/N-ethyl adjacent to an activating group) is 7. The first-order chi connectivity index (χ1) is 49.2. The van der Waals surface area contributed by atoms with Crippen LogP contribution in [0.2, 0.25) is 0 Å². The highest BCUT2D eigenvalue weighted by atomic mass is 32.2. The Morgan fingerprint density at radius 2 is 1.08 bits per heavy atom. The molecule has 600 valence electrons. The molecule has 0 spiro atoms. The number of amides is 2. The third kappa shape index (κ3) is 49.8. The molecule has 7 aliphatic heterocycles. The van der Waals surface area contributed by atoms with Gasteiger partial charge in [0.15, 0.2) is 0 Å². The number of anilines is 3. The molecule has 3 aromatic heterocycles. The van der Waals surface area contributed by atoms with Gasteiger partial charge in [-0.1, -0.05) is 6.07 Å². The number of halogens is 3. The minimum absolute atomic E-state index is 0.00463. The van der Waals surface area contributed by atoms with Crippen molar-refractivity contribution in [2.24, 2.45) is 0 Å². The molecule has 2 unspecified atom stereocenters. The Hall–Kier alpha value is -4.60. The summed E-state index contributed by atoms with van der Waals surface area (Å²) in [6.45, 7) is 28.7. The summed E-state index contributed by atoms with van der Waals surface area (Å²) in [7, 11) is 22.1. The van der Waals surface area contributed by atoms with Crippen LogP contribution in [0.4, 0.5) is 30.4 Å². The Morgan fingerprint density at radius 3 is 1.43 bits per heavy atom. The van der Waals surface area contributed by atoms with Gasteiger partial charge in [-0.15, -0.1) is 0 Å². The molecule has 34 heteroatoms. The Bertz CT molecular complexity index is 2600. The van der Waals surface area contributed by atoms with E-state index in [0.29, 0.717) is 31.7 Å². The van der Waals surface area contributed by atoms with Gasteiger partial charge in [0.05, 0.1) is 69.5 Å². The van der Waals surface area contributed by atoms with Crippen LogP contribution in [0.25, 0.3) is 0 Å². The van der Waals surface area contributed by atoms with E-state index in [1.807, 2.05) is 94.1 Å². The normalized spacial score (nSPS) is 19.9. The van der Waals surface area contributed by atoms with Crippen LogP contribution in [0.3, 0.4) is 0 Å². The summed E-state index contributed by atoms with van der Waals surface area (Å²) in [5.74, 6) is 3.96. The number of morpholine rings is 1. The van der Waals surface area contributed by atoms with Crippen LogP contribution in [0.15, 0.2) is 49.2 Å². The first-order valence-electron chi connectivity index (χ1n) is 36.7. The molecule has 2 atom stereocenters. The highest BCUT2D eigenvalue weighted by molar-refractivity contribution is 7.99. The minimum atomic E-state index is -4.06. The van der Waals surface area contributed by atoms with Gasteiger partial charge in [-0.25, -0.2) is 17.7 Å². The van der Waals surface area contributed by atoms with Crippen molar-refractivity contribution >= 4 is 50.8 Å². The number of thioether (sulfide) groups is 1. The number of aromatic nitrogens is 5. The van der Waals surface area contributed by atoms with Gasteiger partial charge in [-0.2, -0.15) is 35.1 Å². The lowest BCUT2D eigenvalue weighted by Crippen LogP contribution is -2.44. The van der Waals surface area contributed by atoms with Gasteiger partial charge in [-0.05, 0) is 134 Å². The molecule has 0 radical (unpaired) electrons. The van der Waals surface area contributed by atoms with E-state index in [9.17, 15) is 31.2 Å². The quantitative estimate of drug-likeness (QED) is 0.0914. The van der Waals surface area contributed by atoms with Crippen LogP contribution in [0.5, 0.6) is 0 Å². The fraction of sp³-hybridized carbons (Fsp3) is 0.812. The van der Waals surface area contributed by atoms with Gasteiger partial charge < -0.3 is 92.0 Å². The van der Waals surface area contributed by atoms with Gasteiger partial charge >= 0.3 is 6.18 Å². The van der Waals surface area contributed by atoms with E-state index in [-0.39, 0.29) is 18.4 Å². The summed E-state index contributed by atoms with van der Waals surface area (Å²) < 4.78 is 65.3. The number of pyridine rings is 1. The van der Waals surface area contributed by atoms with Crippen molar-refractivity contribution in [3.63, 3.8) is 0 Å². The Morgan fingerprint density at radius 1 is 0.602 bits per heavy atom. The van der Waals surface area contributed by atoms with Gasteiger partial charge in [0.2, 0.25) is 21.8 Å². The molecule has 8 aliphatic rings. The van der Waals surface area contributed by atoms with E-state index in [4.69, 9.17) is 9.84 Å². The lowest BCUT2D eigenvalue weighted by molar-refractivity contribution is -0.128. The SMILES string of the molecule is CN1CCN(C)CC1.CN1CCN(c2ccccn2)CC1.CN1CCSCC1.CNC(C)=O.CNC1CCN(C(C)=O)C1.CNC1CCN(C2CC2)CC1.CNC1CCN(S(C)(=O)=O)C1.CNCC(F)(F)F.CNCCN1CCOCC1.CNCCn1cc(NC)cn1.CNc1cnn(CCO)c1. The number of carbonyl (C=O) groups excluding carboxylic acids is 2. The van der Waals surface area contributed by atoms with Crippen molar-refractivity contribution in [2.75, 3.05) is 289 Å². The van der Waals surface area contributed by atoms with Gasteiger partial charge in [0.1, 0.15) is 5.82 Å². The second-order valence-corrected chi connectivity index (χ2v) is 29.5. The topological polar surface area (TPSA) is 284 Å². The number of alkyl halides is 3. The minimum Gasteiger partial charge on any atom is -0.394 e. The molecule has 10 N–H and O–H groups in total. The van der Waals surface area contributed by atoms with Gasteiger partial charge in [-0.3, -0.25) is 23.9 Å². The molecule has 0 aromatic carbocycles. The average Bonchev–Trinajstić information content (AvgIpc) is 1.60. The third-order valence-electron chi connectivity index (χ3n) is 17.8. The number of likely N-dealkylation sites (tertiary alicyclic amines) is 2. The maximum atomic E-state index is 11.0. The lowest BCUT2D eigenvalue weighted by atomic mass is 10.1. The molecular weight excluding hydrogens is 1370 g/mol. The van der Waals surface area contributed by atoms with Gasteiger partial charge in [0.25, 0.3) is 0 Å². The zero-order chi connectivity index (χ0) is 76.9. The standard InChI is InChI=1S/C10H15N3.C9H18N2.C7H14N4.C7H14N2O.C7H16N2O.C6H11N3O.C6H14N2O2S.C6H14N2.C5H11NS.C3H6F3N.C3H7NO/c1-12-6-8-13(9-7-12)10-4-2-3-5-11-10;1-10-8-4-6-11(7-5-8)9-2-3-9;1-8-3-4-11-6-7(9-2)5-10-11;1-6(10)9-4-3-7(5-9)8-2;1-8-2-3-9-4-6-10-7-5-9;1-7-6-4-8-9(5-6)2-3-10;1-7-6-3-4-8(5-6)11(2,9)10;1-7-3-5-8(2)6-4-7;1-6-2-4-7-5-3-6;1-7-2-3(4,5)6;1-3(5)4-2/h2-5H,6-9H2,1H3;8-10H,2-7H2,1H3;5-6,8-9H,3-4H2,1-2H3;7-8H,3-5H2,1-2H3;8H,2-7H2,1H3;4-5,7,10H,2-3H2,1H3;6-7H,3-5H2,1-2H3;3-6H2,1-2H3;2-5H2,1H3;7H,2H2,1H3;1-2H3,(H,4,5). The summed E-state index contributed by atoms with van der Waals surface area (Å²) in [5, 5.41) is 42.7. The number of hydrogen-bond acceptors (Lipinski definition) is 25. The van der Waals surface area contributed by atoms with Gasteiger partial charge in [0, 0.05) is 214 Å². The molecule has 10 heterocycles. The fourth-order valence-corrected chi connectivity index (χ4v) is 12.5. The van der Waals surface area contributed by atoms with E-state index < -0.39 is 22.7 Å². The van der Waals surface area contributed by atoms with Crippen LogP contribution in [-0.4, -0.2) is 392 Å². The summed E-state index contributed by atoms with van der Waals surface area (Å²) in [4.78, 5) is 43.6. The number of piperazine rings is 2. The van der Waals surface area contributed by atoms with Crippen molar-refractivity contribution in [3.8, 4) is 0 Å². The van der Waals surface area contributed by atoms with Crippen molar-refractivity contribution in [1.29, 1.82) is 0 Å². The monoisotopic (exact) mass is 1510 g/mol. The largest absolute Gasteiger partial charge is 0.401 e. The fourth-order valence-electron chi connectivity index (χ4n) is 10.5. The van der Waals surface area contributed by atoms with Crippen LogP contribution in [-0.2, 0) is 37.4 Å². The van der Waals surface area contributed by atoms with Crippen molar-refractivity contribution in [3.05, 3.63) is 49.2 Å². The highest BCUT2D eigenvalue weighted by Crippen LogP contribution is 2.29. The molecule has 1 aliphatic carbocycles. The van der Waals surface area contributed by atoms with E-state index in [1.165, 1.54) is 114 Å². The molecular formula is C69H140F3N23O6S2. The van der Waals surface area contributed by atoms with E-state index in [1.54, 1.807) is 24.9 Å². The second-order valence-electron chi connectivity index (χ2n) is 26.3. The van der Waals surface area contributed by atoms with Crippen molar-refractivity contribution in [1.82, 2.24) is 100 Å². The molecule has 11 rings (SSSR count). The number of rotatable bonds is 17. The summed E-state index contributed by atoms with van der Waals surface area (Å²) in [5.41, 5.74) is 2.02. The first kappa shape index (κ1) is 96.4. The number of carbonyl (C=O) groups is 2.